The Bertz CT molecular complexity index is 1000. The Morgan fingerprint density at radius 3 is 1.97 bits per heavy atom. The summed E-state index contributed by atoms with van der Waals surface area (Å²) in [5.74, 6) is -0.400. The van der Waals surface area contributed by atoms with Gasteiger partial charge in [0.2, 0.25) is 0 Å². The lowest BCUT2D eigenvalue weighted by Crippen LogP contribution is -2.07. The number of nitro groups is 2. The molecule has 0 atom stereocenters. The highest BCUT2D eigenvalue weighted by Crippen LogP contribution is 2.29. The minimum Gasteiger partial charge on any atom is -0.376 e. The van der Waals surface area contributed by atoms with Crippen LogP contribution in [0, 0.1) is 20.2 Å². The van der Waals surface area contributed by atoms with E-state index in [2.05, 4.69) is 10.6 Å². The van der Waals surface area contributed by atoms with Gasteiger partial charge in [-0.1, -0.05) is 30.4 Å². The van der Waals surface area contributed by atoms with Crippen LogP contribution in [0.5, 0.6) is 0 Å². The molecular formula is C20H20N4O6. The lowest BCUT2D eigenvalue weighted by molar-refractivity contribution is -0.384. The zero-order valence-electron chi connectivity index (χ0n) is 16.2. The molecule has 0 fully saturated rings. The van der Waals surface area contributed by atoms with Crippen LogP contribution >= 0.6 is 0 Å². The van der Waals surface area contributed by atoms with Crippen LogP contribution in [0.2, 0.25) is 0 Å². The lowest BCUT2D eigenvalue weighted by atomic mass is 10.1. The monoisotopic (exact) mass is 412 g/mol. The van der Waals surface area contributed by atoms with Crippen LogP contribution in [0.4, 0.5) is 22.7 Å². The maximum absolute atomic E-state index is 11.6. The number of ketones is 1. The van der Waals surface area contributed by atoms with Crippen molar-refractivity contribution in [3.8, 4) is 0 Å². The van der Waals surface area contributed by atoms with Crippen LogP contribution in [0.1, 0.15) is 22.8 Å². The Balaban J connectivity index is 2.01. The van der Waals surface area contributed by atoms with Gasteiger partial charge in [0.25, 0.3) is 5.69 Å². The van der Waals surface area contributed by atoms with Crippen molar-refractivity contribution in [2.75, 3.05) is 23.7 Å². The molecule has 10 heteroatoms. The first-order chi connectivity index (χ1) is 14.4. The first-order valence-electron chi connectivity index (χ1n) is 8.97. The summed E-state index contributed by atoms with van der Waals surface area (Å²) in [6, 6.07) is 9.17. The maximum Gasteiger partial charge on any atom is 0.303 e. The van der Waals surface area contributed by atoms with Crippen LogP contribution in [0.3, 0.4) is 0 Å². The summed E-state index contributed by atoms with van der Waals surface area (Å²) >= 11 is 0. The number of aldehydes is 1. The summed E-state index contributed by atoms with van der Waals surface area (Å²) in [4.78, 5) is 43.8. The summed E-state index contributed by atoms with van der Waals surface area (Å²) in [5.41, 5.74) is 0.442. The van der Waals surface area contributed by atoms with E-state index in [0.29, 0.717) is 17.5 Å². The van der Waals surface area contributed by atoms with Crippen molar-refractivity contribution in [1.29, 1.82) is 0 Å². The predicted molar refractivity (Wildman–Crippen MR) is 112 cm³/mol. The number of nitrogens with zero attached hydrogens (tertiary/aromatic N) is 2. The molecule has 0 aliphatic heterocycles. The topological polar surface area (TPSA) is 144 Å². The molecule has 2 rings (SSSR count). The number of anilines is 2. The number of hydrogen-bond acceptors (Lipinski definition) is 8. The van der Waals surface area contributed by atoms with E-state index < -0.39 is 15.6 Å². The summed E-state index contributed by atoms with van der Waals surface area (Å²) in [6.07, 6.45) is 3.95. The maximum atomic E-state index is 11.6. The fourth-order valence-corrected chi connectivity index (χ4v) is 2.88. The summed E-state index contributed by atoms with van der Waals surface area (Å²) in [5, 5.41) is 28.4. The van der Waals surface area contributed by atoms with E-state index in [1.54, 1.807) is 30.4 Å². The molecule has 0 saturated carbocycles. The van der Waals surface area contributed by atoms with E-state index in [1.165, 1.54) is 25.1 Å². The molecule has 2 N–H and O–H groups in total. The van der Waals surface area contributed by atoms with Crippen molar-refractivity contribution in [2.45, 2.75) is 13.3 Å². The van der Waals surface area contributed by atoms with Gasteiger partial charge < -0.3 is 15.4 Å². The SMILES string of the molecule is CC(=O)c1cccc(NC/C=C/CNc2cccc(CC=O)c2[N+](=O)[O-])c1[N+](=O)[O-]. The van der Waals surface area contributed by atoms with Gasteiger partial charge in [0.05, 0.1) is 15.4 Å². The predicted octanol–water partition coefficient (Wildman–Crippen LogP) is 3.53. The number of carbonyl (C=O) groups is 2. The summed E-state index contributed by atoms with van der Waals surface area (Å²) < 4.78 is 0. The average Bonchev–Trinajstić information content (AvgIpc) is 2.70. The molecule has 156 valence electrons. The molecule has 0 aliphatic carbocycles. The second-order valence-corrected chi connectivity index (χ2v) is 6.19. The molecule has 2 aromatic carbocycles. The van der Waals surface area contributed by atoms with Crippen LogP contribution in [-0.2, 0) is 11.2 Å². The smallest absolute Gasteiger partial charge is 0.303 e. The number of hydrogen-bond donors (Lipinski definition) is 2. The third-order valence-electron chi connectivity index (χ3n) is 4.19. The fraction of sp³-hybridized carbons (Fsp3) is 0.200. The van der Waals surface area contributed by atoms with Crippen LogP contribution < -0.4 is 10.6 Å². The third kappa shape index (κ3) is 5.47. The molecule has 0 aliphatic rings. The van der Waals surface area contributed by atoms with Gasteiger partial charge in [0.15, 0.2) is 5.78 Å². The van der Waals surface area contributed by atoms with E-state index in [0.717, 1.165) is 0 Å². The van der Waals surface area contributed by atoms with Crippen molar-refractivity contribution in [3.05, 3.63) is 79.9 Å². The molecule has 0 amide bonds. The molecule has 0 bridgehead atoms. The third-order valence-corrected chi connectivity index (χ3v) is 4.19. The highest BCUT2D eigenvalue weighted by Gasteiger charge is 2.22. The van der Waals surface area contributed by atoms with E-state index in [-0.39, 0.29) is 42.1 Å². The highest BCUT2D eigenvalue weighted by atomic mass is 16.6. The van der Waals surface area contributed by atoms with Crippen molar-refractivity contribution < 1.29 is 19.4 Å². The minimum absolute atomic E-state index is 0.0261. The van der Waals surface area contributed by atoms with Crippen molar-refractivity contribution in [2.24, 2.45) is 0 Å². The van der Waals surface area contributed by atoms with E-state index in [9.17, 15) is 29.8 Å². The molecule has 0 saturated heterocycles. The lowest BCUT2D eigenvalue weighted by Gasteiger charge is -2.08. The van der Waals surface area contributed by atoms with Gasteiger partial charge in [0.1, 0.15) is 17.7 Å². The second kappa shape index (κ2) is 10.5. The van der Waals surface area contributed by atoms with E-state index in [4.69, 9.17) is 0 Å². The second-order valence-electron chi connectivity index (χ2n) is 6.19. The number of carbonyl (C=O) groups excluding carboxylic acids is 2. The molecule has 30 heavy (non-hydrogen) atoms. The normalized spacial score (nSPS) is 10.6. The first kappa shape index (κ1) is 22.2. The van der Waals surface area contributed by atoms with Crippen LogP contribution in [-0.4, -0.2) is 35.0 Å². The zero-order valence-corrected chi connectivity index (χ0v) is 16.2. The number of rotatable bonds is 11. The average molecular weight is 412 g/mol. The van der Waals surface area contributed by atoms with Gasteiger partial charge >= 0.3 is 5.69 Å². The van der Waals surface area contributed by atoms with Gasteiger partial charge in [0, 0.05) is 25.1 Å². The highest BCUT2D eigenvalue weighted by molar-refractivity contribution is 6.00. The number of nitro benzene ring substituents is 2. The molecule has 0 spiro atoms. The molecule has 0 aromatic heterocycles. The fourth-order valence-electron chi connectivity index (χ4n) is 2.88. The molecule has 0 radical (unpaired) electrons. The molecular weight excluding hydrogens is 392 g/mol. The largest absolute Gasteiger partial charge is 0.376 e. The quantitative estimate of drug-likeness (QED) is 0.187. The Labute approximate surface area is 171 Å². The zero-order chi connectivity index (χ0) is 22.1. The van der Waals surface area contributed by atoms with Crippen molar-refractivity contribution in [3.63, 3.8) is 0 Å². The van der Waals surface area contributed by atoms with Gasteiger partial charge in [-0.15, -0.1) is 0 Å². The van der Waals surface area contributed by atoms with Gasteiger partial charge in [-0.05, 0) is 25.1 Å². The molecule has 0 heterocycles. The number of para-hydroxylation sites is 2. The summed E-state index contributed by atoms with van der Waals surface area (Å²) in [6.45, 7) is 1.78. The van der Waals surface area contributed by atoms with Crippen molar-refractivity contribution >= 4 is 34.8 Å². The Morgan fingerprint density at radius 2 is 1.47 bits per heavy atom. The van der Waals surface area contributed by atoms with Gasteiger partial charge in [-0.2, -0.15) is 0 Å². The van der Waals surface area contributed by atoms with Gasteiger partial charge in [-0.3, -0.25) is 25.0 Å². The molecule has 10 nitrogen and oxygen atoms in total. The van der Waals surface area contributed by atoms with E-state index in [1.807, 2.05) is 0 Å². The molecule has 2 aromatic rings. The van der Waals surface area contributed by atoms with Crippen molar-refractivity contribution in [1.82, 2.24) is 0 Å². The molecule has 0 unspecified atom stereocenters. The van der Waals surface area contributed by atoms with Crippen LogP contribution in [0.15, 0.2) is 48.6 Å². The first-order valence-corrected chi connectivity index (χ1v) is 8.97. The Kier molecular flexibility index (Phi) is 7.74. The van der Waals surface area contributed by atoms with Crippen LogP contribution in [0.25, 0.3) is 0 Å². The van der Waals surface area contributed by atoms with E-state index >= 15 is 0 Å². The number of benzene rings is 2. The Morgan fingerprint density at radius 1 is 0.933 bits per heavy atom. The number of Topliss-reactive ketones (excluding diaryl/α,β-unsaturated/α-hetero) is 1. The van der Waals surface area contributed by atoms with Gasteiger partial charge in [-0.25, -0.2) is 0 Å². The standard InChI is InChI=1S/C20H20N4O6/c1-14(26)16-7-5-9-18(20(16)24(29)30)22-12-3-2-11-21-17-8-4-6-15(10-13-25)19(17)23(27)28/h2-9,13,21-22H,10-12H2,1H3/b3-2+. The Hall–Kier alpha value is -4.08. The minimum atomic E-state index is -0.601. The summed E-state index contributed by atoms with van der Waals surface area (Å²) in [7, 11) is 0. The number of nitrogens with one attached hydrogen (secondary N) is 2.